The minimum absolute atomic E-state index is 0.156. The van der Waals surface area contributed by atoms with Crippen molar-refractivity contribution >= 4 is 11.9 Å². The zero-order valence-electron chi connectivity index (χ0n) is 15.1. The first-order valence-corrected chi connectivity index (χ1v) is 8.79. The quantitative estimate of drug-likeness (QED) is 0.753. The van der Waals surface area contributed by atoms with Crippen LogP contribution in [0.25, 0.3) is 11.4 Å². The van der Waals surface area contributed by atoms with Gasteiger partial charge in [-0.2, -0.15) is 4.80 Å². The minimum atomic E-state index is -0.559. The number of tetrazole rings is 1. The maximum Gasteiger partial charge on any atom is 0.330 e. The molecule has 0 N–H and O–H groups in total. The zero-order valence-corrected chi connectivity index (χ0v) is 15.1. The molecule has 0 saturated carbocycles. The van der Waals surface area contributed by atoms with E-state index in [-0.39, 0.29) is 19.1 Å². The number of hydrogen-bond donors (Lipinski definition) is 0. The van der Waals surface area contributed by atoms with E-state index in [0.29, 0.717) is 11.7 Å². The van der Waals surface area contributed by atoms with Crippen LogP contribution in [0.1, 0.15) is 25.3 Å². The maximum absolute atomic E-state index is 12.1. The molecule has 1 atom stereocenters. The Morgan fingerprint density at radius 2 is 2.04 bits per heavy atom. The molecular formula is C18H23N5O3. The van der Waals surface area contributed by atoms with E-state index in [1.807, 2.05) is 31.2 Å². The molecule has 1 aromatic heterocycles. The molecule has 0 radical (unpaired) electrons. The number of aromatic nitrogens is 4. The number of nitrogens with zero attached hydrogens (tertiary/aromatic N) is 5. The number of benzene rings is 1. The van der Waals surface area contributed by atoms with Gasteiger partial charge in [-0.1, -0.05) is 36.8 Å². The van der Waals surface area contributed by atoms with Crippen molar-refractivity contribution in [2.24, 2.45) is 5.92 Å². The van der Waals surface area contributed by atoms with Gasteiger partial charge in [0, 0.05) is 18.7 Å². The topological polar surface area (TPSA) is 90.2 Å². The predicted octanol–water partition coefficient (Wildman–Crippen LogP) is 1.45. The number of ether oxygens (including phenoxy) is 1. The van der Waals surface area contributed by atoms with Crippen molar-refractivity contribution in [3.05, 3.63) is 29.8 Å². The maximum atomic E-state index is 12.1. The fourth-order valence-corrected chi connectivity index (χ4v) is 2.94. The van der Waals surface area contributed by atoms with Crippen LogP contribution in [0.4, 0.5) is 0 Å². The Morgan fingerprint density at radius 3 is 2.77 bits per heavy atom. The number of piperidine rings is 1. The highest BCUT2D eigenvalue weighted by Gasteiger charge is 2.22. The van der Waals surface area contributed by atoms with Crippen molar-refractivity contribution < 1.29 is 14.3 Å². The Hall–Kier alpha value is -2.77. The molecule has 1 saturated heterocycles. The average molecular weight is 357 g/mol. The number of carbonyl (C=O) groups is 2. The lowest BCUT2D eigenvalue weighted by atomic mass is 10.0. The van der Waals surface area contributed by atoms with Crippen LogP contribution in [-0.2, 0) is 20.9 Å². The second-order valence-electron chi connectivity index (χ2n) is 6.76. The van der Waals surface area contributed by atoms with Gasteiger partial charge in [0.2, 0.25) is 5.82 Å². The van der Waals surface area contributed by atoms with E-state index >= 15 is 0 Å². The number of aryl methyl sites for hydroxylation is 1. The predicted molar refractivity (Wildman–Crippen MR) is 93.9 cm³/mol. The third-order valence-corrected chi connectivity index (χ3v) is 4.40. The molecule has 2 aromatic rings. The highest BCUT2D eigenvalue weighted by Crippen LogP contribution is 2.16. The number of esters is 1. The van der Waals surface area contributed by atoms with E-state index < -0.39 is 5.97 Å². The molecule has 1 unspecified atom stereocenters. The molecule has 3 rings (SSSR count). The Kier molecular flexibility index (Phi) is 5.60. The zero-order chi connectivity index (χ0) is 18.5. The SMILES string of the molecule is Cc1ccc(-c2nnn(CC(=O)OCC(=O)N3CCCC(C)C3)n2)cc1. The van der Waals surface area contributed by atoms with Crippen LogP contribution in [0.2, 0.25) is 0 Å². The normalized spacial score (nSPS) is 17.2. The molecule has 26 heavy (non-hydrogen) atoms. The van der Waals surface area contributed by atoms with Crippen molar-refractivity contribution in [1.29, 1.82) is 0 Å². The summed E-state index contributed by atoms with van der Waals surface area (Å²) < 4.78 is 5.07. The minimum Gasteiger partial charge on any atom is -0.454 e. The second-order valence-corrected chi connectivity index (χ2v) is 6.76. The largest absolute Gasteiger partial charge is 0.454 e. The smallest absolute Gasteiger partial charge is 0.330 e. The Balaban J connectivity index is 1.49. The molecule has 1 aliphatic heterocycles. The van der Waals surface area contributed by atoms with Gasteiger partial charge >= 0.3 is 5.97 Å². The molecule has 0 bridgehead atoms. The molecule has 0 spiro atoms. The molecule has 1 aromatic carbocycles. The Labute approximate surface area is 152 Å². The number of likely N-dealkylation sites (tertiary alicyclic amines) is 1. The summed E-state index contributed by atoms with van der Waals surface area (Å²) in [6.45, 7) is 5.14. The standard InChI is InChI=1S/C18H23N5O3/c1-13-5-7-15(8-6-13)18-19-21-23(20-18)11-17(25)26-12-16(24)22-9-3-4-14(2)10-22/h5-8,14H,3-4,9-12H2,1-2H3. The number of rotatable bonds is 5. The average Bonchev–Trinajstić information content (AvgIpc) is 3.08. The highest BCUT2D eigenvalue weighted by atomic mass is 16.5. The summed E-state index contributed by atoms with van der Waals surface area (Å²) in [7, 11) is 0. The van der Waals surface area contributed by atoms with Crippen molar-refractivity contribution in [3.8, 4) is 11.4 Å². The lowest BCUT2D eigenvalue weighted by Gasteiger charge is -2.30. The third-order valence-electron chi connectivity index (χ3n) is 4.40. The lowest BCUT2D eigenvalue weighted by Crippen LogP contribution is -2.41. The summed E-state index contributed by atoms with van der Waals surface area (Å²) in [5, 5.41) is 12.0. The molecule has 138 valence electrons. The molecule has 8 heteroatoms. The van der Waals surface area contributed by atoms with Crippen molar-refractivity contribution in [2.75, 3.05) is 19.7 Å². The number of amides is 1. The van der Waals surface area contributed by atoms with Gasteiger partial charge < -0.3 is 9.64 Å². The fraction of sp³-hybridized carbons (Fsp3) is 0.500. The molecule has 1 fully saturated rings. The van der Waals surface area contributed by atoms with Crippen LogP contribution < -0.4 is 0 Å². The highest BCUT2D eigenvalue weighted by molar-refractivity contribution is 5.80. The van der Waals surface area contributed by atoms with E-state index in [0.717, 1.165) is 37.1 Å². The molecule has 2 heterocycles. The van der Waals surface area contributed by atoms with E-state index in [1.54, 1.807) is 4.90 Å². The van der Waals surface area contributed by atoms with E-state index in [2.05, 4.69) is 22.3 Å². The summed E-state index contributed by atoms with van der Waals surface area (Å²) in [5.41, 5.74) is 1.96. The Morgan fingerprint density at radius 1 is 1.27 bits per heavy atom. The van der Waals surface area contributed by atoms with Crippen molar-refractivity contribution in [1.82, 2.24) is 25.1 Å². The van der Waals surface area contributed by atoms with Crippen LogP contribution in [0.3, 0.4) is 0 Å². The van der Waals surface area contributed by atoms with Gasteiger partial charge in [0.25, 0.3) is 5.91 Å². The lowest BCUT2D eigenvalue weighted by molar-refractivity contribution is -0.153. The molecule has 8 nitrogen and oxygen atoms in total. The van der Waals surface area contributed by atoms with Gasteiger partial charge in [-0.25, -0.2) is 4.79 Å². The van der Waals surface area contributed by atoms with Gasteiger partial charge in [0.05, 0.1) is 0 Å². The first-order valence-electron chi connectivity index (χ1n) is 8.79. The van der Waals surface area contributed by atoms with Gasteiger partial charge in [-0.05, 0) is 30.9 Å². The summed E-state index contributed by atoms with van der Waals surface area (Å²) in [5.74, 6) is 0.215. The monoisotopic (exact) mass is 357 g/mol. The molecule has 0 aliphatic carbocycles. The van der Waals surface area contributed by atoms with Gasteiger partial charge in [-0.15, -0.1) is 10.2 Å². The summed E-state index contributed by atoms with van der Waals surface area (Å²) >= 11 is 0. The van der Waals surface area contributed by atoms with Crippen LogP contribution >= 0.6 is 0 Å². The van der Waals surface area contributed by atoms with Crippen LogP contribution in [0.15, 0.2) is 24.3 Å². The van der Waals surface area contributed by atoms with E-state index in [4.69, 9.17) is 4.74 Å². The van der Waals surface area contributed by atoms with Crippen LogP contribution in [-0.4, -0.2) is 56.7 Å². The van der Waals surface area contributed by atoms with Crippen LogP contribution in [0, 0.1) is 12.8 Å². The first-order chi connectivity index (χ1) is 12.5. The van der Waals surface area contributed by atoms with Gasteiger partial charge in [0.15, 0.2) is 13.2 Å². The van der Waals surface area contributed by atoms with Crippen LogP contribution in [0.5, 0.6) is 0 Å². The number of carbonyl (C=O) groups excluding carboxylic acids is 2. The fourth-order valence-electron chi connectivity index (χ4n) is 2.94. The van der Waals surface area contributed by atoms with Crippen molar-refractivity contribution in [3.63, 3.8) is 0 Å². The third kappa shape index (κ3) is 4.65. The summed E-state index contributed by atoms with van der Waals surface area (Å²) in [6, 6.07) is 7.70. The van der Waals surface area contributed by atoms with E-state index in [9.17, 15) is 9.59 Å². The Bertz CT molecular complexity index is 771. The molecule has 1 amide bonds. The van der Waals surface area contributed by atoms with E-state index in [1.165, 1.54) is 4.80 Å². The summed E-state index contributed by atoms with van der Waals surface area (Å²) in [4.78, 5) is 27.0. The molecular weight excluding hydrogens is 334 g/mol. The first kappa shape index (κ1) is 18.0. The molecule has 1 aliphatic rings. The second kappa shape index (κ2) is 8.07. The van der Waals surface area contributed by atoms with Crippen molar-refractivity contribution in [2.45, 2.75) is 33.2 Å². The van der Waals surface area contributed by atoms with Gasteiger partial charge in [-0.3, -0.25) is 4.79 Å². The summed E-state index contributed by atoms with van der Waals surface area (Å²) in [6.07, 6.45) is 2.12. The number of hydrogen-bond acceptors (Lipinski definition) is 6. The van der Waals surface area contributed by atoms with Gasteiger partial charge in [0.1, 0.15) is 0 Å².